The molecule has 0 aromatic carbocycles. The van der Waals surface area contributed by atoms with Crippen molar-refractivity contribution in [3.8, 4) is 0 Å². The predicted molar refractivity (Wildman–Crippen MR) is 121 cm³/mol. The molecule has 1 saturated carbocycles. The predicted octanol–water partition coefficient (Wildman–Crippen LogP) is 1.25. The van der Waals surface area contributed by atoms with E-state index in [1.54, 1.807) is 13.2 Å². The lowest BCUT2D eigenvalue weighted by Crippen LogP contribution is -2.40. The second kappa shape index (κ2) is 9.73. The number of nitrogens with one attached hydrogen (secondary N) is 2. The van der Waals surface area contributed by atoms with Crippen molar-refractivity contribution in [2.45, 2.75) is 25.8 Å². The second-order valence-electron chi connectivity index (χ2n) is 7.76. The largest absolute Gasteiger partial charge is 0.356 e. The quantitative estimate of drug-likeness (QED) is 0.137. The monoisotopic (exact) mass is 512 g/mol. The number of imidazole rings is 1. The molecule has 1 aromatic heterocycles. The number of imide groups is 1. The molecule has 2 bridgehead atoms. The van der Waals surface area contributed by atoms with Crippen LogP contribution in [0.15, 0.2) is 35.9 Å². The molecule has 29 heavy (non-hydrogen) atoms. The molecular formula is C20H29IN6O2. The number of aromatic nitrogens is 2. The number of halogens is 1. The van der Waals surface area contributed by atoms with Crippen molar-refractivity contribution >= 4 is 41.8 Å². The number of guanidine groups is 1. The number of carbonyl (C=O) groups excluding carboxylic acids is 2. The summed E-state index contributed by atoms with van der Waals surface area (Å²) in [6.45, 7) is 2.86. The normalized spacial score (nSPS) is 27.3. The van der Waals surface area contributed by atoms with Crippen molar-refractivity contribution in [3.05, 3.63) is 30.9 Å². The molecule has 158 valence electrons. The summed E-state index contributed by atoms with van der Waals surface area (Å²) in [5, 5.41) is 6.53. The molecule has 2 aliphatic carbocycles. The van der Waals surface area contributed by atoms with Gasteiger partial charge in [-0.3, -0.25) is 19.5 Å². The summed E-state index contributed by atoms with van der Waals surface area (Å²) in [5.41, 5.74) is 0. The lowest BCUT2D eigenvalue weighted by molar-refractivity contribution is -0.140. The lowest BCUT2D eigenvalue weighted by Gasteiger charge is -2.18. The standard InChI is InChI=1S/C20H28N6O2.HI/c1-21-20(23-6-2-9-25-11-8-22-13-25)24-7-3-10-26-18(27)16-14-4-5-15(12-14)17(16)19(26)28;/h4-5,8,11,13-17H,2-3,6-7,9-10,12H2,1H3,(H2,21,23,24);1H. The molecule has 8 nitrogen and oxygen atoms in total. The zero-order chi connectivity index (χ0) is 19.5. The number of carbonyl (C=O) groups is 2. The van der Waals surface area contributed by atoms with Crippen LogP contribution in [0.4, 0.5) is 0 Å². The molecule has 3 aliphatic rings. The molecule has 4 unspecified atom stereocenters. The van der Waals surface area contributed by atoms with E-state index < -0.39 is 0 Å². The van der Waals surface area contributed by atoms with Crippen LogP contribution in [0.2, 0.25) is 0 Å². The number of aryl methyl sites for hydroxylation is 1. The average molecular weight is 512 g/mol. The van der Waals surface area contributed by atoms with Gasteiger partial charge >= 0.3 is 0 Å². The van der Waals surface area contributed by atoms with E-state index in [1.807, 2.05) is 17.1 Å². The van der Waals surface area contributed by atoms with Gasteiger partial charge in [0.05, 0.1) is 18.2 Å². The Bertz CT molecular complexity index is 748. The van der Waals surface area contributed by atoms with Crippen LogP contribution < -0.4 is 10.6 Å². The maximum Gasteiger partial charge on any atom is 0.233 e. The van der Waals surface area contributed by atoms with E-state index in [0.717, 1.165) is 38.3 Å². The van der Waals surface area contributed by atoms with Gasteiger partial charge < -0.3 is 15.2 Å². The molecule has 9 heteroatoms. The van der Waals surface area contributed by atoms with Gasteiger partial charge in [-0.05, 0) is 31.1 Å². The first-order valence-corrected chi connectivity index (χ1v) is 10.1. The number of fused-ring (bicyclic) bond motifs is 5. The van der Waals surface area contributed by atoms with Gasteiger partial charge in [0.25, 0.3) is 0 Å². The van der Waals surface area contributed by atoms with Gasteiger partial charge in [0.1, 0.15) is 0 Å². The second-order valence-corrected chi connectivity index (χ2v) is 7.76. The topological polar surface area (TPSA) is 91.6 Å². The number of aliphatic imine (C=N–C) groups is 1. The van der Waals surface area contributed by atoms with Gasteiger partial charge in [0.15, 0.2) is 5.96 Å². The first-order valence-electron chi connectivity index (χ1n) is 10.1. The van der Waals surface area contributed by atoms with Crippen LogP contribution in [0.1, 0.15) is 19.3 Å². The van der Waals surface area contributed by atoms with Crippen molar-refractivity contribution in [3.63, 3.8) is 0 Å². The van der Waals surface area contributed by atoms with Gasteiger partial charge in [0, 0.05) is 45.6 Å². The molecule has 2 N–H and O–H groups in total. The Morgan fingerprint density at radius 3 is 2.28 bits per heavy atom. The Labute approximate surface area is 188 Å². The van der Waals surface area contributed by atoms with E-state index >= 15 is 0 Å². The molecule has 0 radical (unpaired) electrons. The summed E-state index contributed by atoms with van der Waals surface area (Å²) in [4.78, 5) is 35.0. The summed E-state index contributed by atoms with van der Waals surface area (Å²) in [6.07, 6.45) is 12.5. The van der Waals surface area contributed by atoms with Crippen LogP contribution in [0, 0.1) is 23.7 Å². The van der Waals surface area contributed by atoms with Crippen molar-refractivity contribution in [2.24, 2.45) is 28.7 Å². The summed E-state index contributed by atoms with van der Waals surface area (Å²) < 4.78 is 2.04. The number of hydrogen-bond acceptors (Lipinski definition) is 4. The Hall–Kier alpha value is -1.91. The van der Waals surface area contributed by atoms with Crippen molar-refractivity contribution in [1.82, 2.24) is 25.1 Å². The molecule has 4 rings (SSSR count). The highest BCUT2D eigenvalue weighted by Crippen LogP contribution is 2.52. The number of nitrogens with zero attached hydrogens (tertiary/aromatic N) is 4. The van der Waals surface area contributed by atoms with Crippen molar-refractivity contribution in [2.75, 3.05) is 26.7 Å². The van der Waals surface area contributed by atoms with E-state index in [0.29, 0.717) is 13.1 Å². The van der Waals surface area contributed by atoms with Crippen LogP contribution in [0.5, 0.6) is 0 Å². The van der Waals surface area contributed by atoms with Crippen molar-refractivity contribution < 1.29 is 9.59 Å². The number of amides is 2. The van der Waals surface area contributed by atoms with E-state index in [4.69, 9.17) is 0 Å². The summed E-state index contributed by atoms with van der Waals surface area (Å²) in [6, 6.07) is 0. The molecule has 1 aromatic rings. The number of rotatable bonds is 8. The molecule has 1 aliphatic heterocycles. The van der Waals surface area contributed by atoms with Crippen LogP contribution in [-0.2, 0) is 16.1 Å². The fourth-order valence-electron chi connectivity index (χ4n) is 4.74. The third-order valence-corrected chi connectivity index (χ3v) is 6.08. The van der Waals surface area contributed by atoms with Gasteiger partial charge in [-0.2, -0.15) is 0 Å². The zero-order valence-corrected chi connectivity index (χ0v) is 19.0. The molecular weight excluding hydrogens is 483 g/mol. The summed E-state index contributed by atoms with van der Waals surface area (Å²) >= 11 is 0. The van der Waals surface area contributed by atoms with E-state index in [-0.39, 0.29) is 59.5 Å². The highest BCUT2D eigenvalue weighted by atomic mass is 127. The molecule has 0 spiro atoms. The number of allylic oxidation sites excluding steroid dienone is 2. The van der Waals surface area contributed by atoms with Crippen LogP contribution in [-0.4, -0.2) is 58.9 Å². The van der Waals surface area contributed by atoms with Crippen LogP contribution >= 0.6 is 24.0 Å². The van der Waals surface area contributed by atoms with Gasteiger partial charge in [-0.25, -0.2) is 4.98 Å². The van der Waals surface area contributed by atoms with E-state index in [9.17, 15) is 9.59 Å². The molecule has 2 amide bonds. The Kier molecular flexibility index (Phi) is 7.31. The van der Waals surface area contributed by atoms with E-state index in [2.05, 4.69) is 32.8 Å². The van der Waals surface area contributed by atoms with E-state index in [1.165, 1.54) is 4.90 Å². The third kappa shape index (κ3) is 4.49. The third-order valence-electron chi connectivity index (χ3n) is 6.08. The van der Waals surface area contributed by atoms with Gasteiger partial charge in [-0.15, -0.1) is 24.0 Å². The fourth-order valence-corrected chi connectivity index (χ4v) is 4.74. The highest BCUT2D eigenvalue weighted by molar-refractivity contribution is 14.0. The zero-order valence-electron chi connectivity index (χ0n) is 16.7. The van der Waals surface area contributed by atoms with Crippen LogP contribution in [0.25, 0.3) is 0 Å². The molecule has 1 saturated heterocycles. The lowest BCUT2D eigenvalue weighted by atomic mass is 9.85. The molecule has 2 heterocycles. The highest BCUT2D eigenvalue weighted by Gasteiger charge is 2.58. The minimum absolute atomic E-state index is 0. The summed E-state index contributed by atoms with van der Waals surface area (Å²) in [5.74, 6) is 1.17. The number of hydrogen-bond donors (Lipinski definition) is 2. The first kappa shape index (κ1) is 21.8. The molecule has 2 fully saturated rings. The minimum Gasteiger partial charge on any atom is -0.356 e. The Balaban J connectivity index is 0.00000240. The smallest absolute Gasteiger partial charge is 0.233 e. The summed E-state index contributed by atoms with van der Waals surface area (Å²) in [7, 11) is 1.74. The van der Waals surface area contributed by atoms with Gasteiger partial charge in [-0.1, -0.05) is 12.2 Å². The maximum atomic E-state index is 12.7. The fraction of sp³-hybridized carbons (Fsp3) is 0.600. The van der Waals surface area contributed by atoms with Crippen LogP contribution in [0.3, 0.4) is 0 Å². The molecule has 4 atom stereocenters. The van der Waals surface area contributed by atoms with Gasteiger partial charge in [0.2, 0.25) is 11.8 Å². The maximum absolute atomic E-state index is 12.7. The average Bonchev–Trinajstić information content (AvgIpc) is 3.48. The Morgan fingerprint density at radius 2 is 1.72 bits per heavy atom. The van der Waals surface area contributed by atoms with Crippen molar-refractivity contribution in [1.29, 1.82) is 0 Å². The minimum atomic E-state index is -0.0969. The first-order chi connectivity index (χ1) is 13.7. The SMILES string of the molecule is CN=C(NCCCN1C(=O)C2C3C=CC(C3)C2C1=O)NCCCn1ccnc1.I. The number of likely N-dealkylation sites (tertiary alicyclic amines) is 1. The Morgan fingerprint density at radius 1 is 1.10 bits per heavy atom.